The number of nitrogens with one attached hydrogen (secondary N) is 1. The van der Waals surface area contributed by atoms with Crippen LogP contribution in [0.15, 0.2) is 64.9 Å². The number of aromatic nitrogens is 4. The number of rotatable bonds is 5. The zero-order chi connectivity index (χ0) is 17.1. The molecule has 0 atom stereocenters. The van der Waals surface area contributed by atoms with Crippen molar-refractivity contribution in [1.82, 2.24) is 19.7 Å². The topological polar surface area (TPSA) is 90.4 Å². The zero-order valence-corrected chi connectivity index (χ0v) is 13.3. The van der Waals surface area contributed by atoms with Gasteiger partial charge in [0, 0.05) is 11.6 Å². The van der Waals surface area contributed by atoms with Crippen LogP contribution in [0.3, 0.4) is 0 Å². The number of methoxy groups -OCH3 is 1. The molecule has 0 bridgehead atoms. The standard InChI is InChI=1S/C17H14N6O2/c1-24-14-4-2-3-13(7-14)23-17-15(9-21-23)16(18-11-19-17)22-20-8-12-5-6-25-10-12/h2-11H,1H3,(H,18,19,22). The predicted molar refractivity (Wildman–Crippen MR) is 93.1 cm³/mol. The van der Waals surface area contributed by atoms with Gasteiger partial charge < -0.3 is 9.15 Å². The van der Waals surface area contributed by atoms with Gasteiger partial charge in [0.15, 0.2) is 11.5 Å². The molecule has 0 aliphatic heterocycles. The second-order valence-corrected chi connectivity index (χ2v) is 5.14. The van der Waals surface area contributed by atoms with Crippen LogP contribution in [0.1, 0.15) is 5.56 Å². The van der Waals surface area contributed by atoms with E-state index in [1.165, 1.54) is 6.33 Å². The molecular formula is C17H14N6O2. The van der Waals surface area contributed by atoms with E-state index in [1.54, 1.807) is 36.7 Å². The number of benzene rings is 1. The summed E-state index contributed by atoms with van der Waals surface area (Å²) in [4.78, 5) is 8.56. The van der Waals surface area contributed by atoms with Crippen molar-refractivity contribution in [2.45, 2.75) is 0 Å². The molecule has 0 amide bonds. The Hall–Kier alpha value is -3.68. The van der Waals surface area contributed by atoms with E-state index in [0.717, 1.165) is 22.4 Å². The van der Waals surface area contributed by atoms with E-state index in [9.17, 15) is 0 Å². The molecule has 124 valence electrons. The summed E-state index contributed by atoms with van der Waals surface area (Å²) in [6.07, 6.45) is 7.99. The Kier molecular flexibility index (Phi) is 3.83. The normalized spacial score (nSPS) is 11.2. The van der Waals surface area contributed by atoms with E-state index in [1.807, 2.05) is 30.3 Å². The monoisotopic (exact) mass is 334 g/mol. The number of ether oxygens (including phenoxy) is 1. The number of nitrogens with zero attached hydrogens (tertiary/aromatic N) is 5. The van der Waals surface area contributed by atoms with Crippen molar-refractivity contribution in [3.8, 4) is 11.4 Å². The molecule has 8 heteroatoms. The Morgan fingerprint density at radius 1 is 1.28 bits per heavy atom. The SMILES string of the molecule is COc1cccc(-n2ncc3c(NN=Cc4ccoc4)ncnc32)c1. The van der Waals surface area contributed by atoms with Crippen LogP contribution >= 0.6 is 0 Å². The molecule has 0 aliphatic carbocycles. The Balaban J connectivity index is 1.68. The molecule has 3 aromatic heterocycles. The van der Waals surface area contributed by atoms with Gasteiger partial charge in [-0.3, -0.25) is 5.43 Å². The van der Waals surface area contributed by atoms with E-state index in [-0.39, 0.29) is 0 Å². The van der Waals surface area contributed by atoms with Crippen LogP contribution in [0.25, 0.3) is 16.7 Å². The van der Waals surface area contributed by atoms with E-state index in [0.29, 0.717) is 11.5 Å². The Labute approximate surface area is 142 Å². The molecule has 1 N–H and O–H groups in total. The molecule has 1 aromatic carbocycles. The summed E-state index contributed by atoms with van der Waals surface area (Å²) in [6, 6.07) is 9.40. The molecule has 0 saturated heterocycles. The highest BCUT2D eigenvalue weighted by molar-refractivity contribution is 5.88. The molecule has 0 saturated carbocycles. The van der Waals surface area contributed by atoms with Gasteiger partial charge in [-0.1, -0.05) is 6.07 Å². The van der Waals surface area contributed by atoms with E-state index < -0.39 is 0 Å². The van der Waals surface area contributed by atoms with Gasteiger partial charge >= 0.3 is 0 Å². The minimum Gasteiger partial charge on any atom is -0.497 e. The molecule has 0 unspecified atom stereocenters. The zero-order valence-electron chi connectivity index (χ0n) is 13.3. The summed E-state index contributed by atoms with van der Waals surface area (Å²) in [5.41, 5.74) is 5.28. The average molecular weight is 334 g/mol. The fraction of sp³-hybridized carbons (Fsp3) is 0.0588. The smallest absolute Gasteiger partial charge is 0.168 e. The van der Waals surface area contributed by atoms with Crippen LogP contribution in [0.2, 0.25) is 0 Å². The maximum atomic E-state index is 5.26. The van der Waals surface area contributed by atoms with Crippen molar-refractivity contribution in [2.75, 3.05) is 12.5 Å². The van der Waals surface area contributed by atoms with Crippen LogP contribution in [-0.2, 0) is 0 Å². The summed E-state index contributed by atoms with van der Waals surface area (Å²) in [5.74, 6) is 1.32. The van der Waals surface area contributed by atoms with Gasteiger partial charge in [-0.25, -0.2) is 14.6 Å². The van der Waals surface area contributed by atoms with Gasteiger partial charge in [-0.2, -0.15) is 10.2 Å². The first-order valence-corrected chi connectivity index (χ1v) is 7.49. The maximum Gasteiger partial charge on any atom is 0.168 e. The highest BCUT2D eigenvalue weighted by atomic mass is 16.5. The van der Waals surface area contributed by atoms with Crippen molar-refractivity contribution >= 4 is 23.1 Å². The van der Waals surface area contributed by atoms with Crippen LogP contribution < -0.4 is 10.2 Å². The highest BCUT2D eigenvalue weighted by Gasteiger charge is 2.11. The van der Waals surface area contributed by atoms with Gasteiger partial charge in [0.25, 0.3) is 0 Å². The van der Waals surface area contributed by atoms with Crippen molar-refractivity contribution in [2.24, 2.45) is 5.10 Å². The van der Waals surface area contributed by atoms with Gasteiger partial charge in [-0.05, 0) is 18.2 Å². The Bertz CT molecular complexity index is 1020. The van der Waals surface area contributed by atoms with Crippen molar-refractivity contribution in [3.05, 3.63) is 60.9 Å². The lowest BCUT2D eigenvalue weighted by atomic mass is 10.3. The van der Waals surface area contributed by atoms with Crippen molar-refractivity contribution in [3.63, 3.8) is 0 Å². The minimum atomic E-state index is 0.568. The molecule has 25 heavy (non-hydrogen) atoms. The quantitative estimate of drug-likeness (QED) is 0.446. The van der Waals surface area contributed by atoms with Crippen LogP contribution in [0.5, 0.6) is 5.75 Å². The maximum absolute atomic E-state index is 5.26. The summed E-state index contributed by atoms with van der Waals surface area (Å²) in [5, 5.41) is 9.33. The van der Waals surface area contributed by atoms with E-state index in [2.05, 4.69) is 25.6 Å². The number of hydrogen-bond acceptors (Lipinski definition) is 7. The second-order valence-electron chi connectivity index (χ2n) is 5.14. The molecule has 0 aliphatic rings. The Morgan fingerprint density at radius 2 is 2.24 bits per heavy atom. The lowest BCUT2D eigenvalue weighted by Crippen LogP contribution is -1.99. The van der Waals surface area contributed by atoms with Crippen LogP contribution in [0.4, 0.5) is 5.82 Å². The molecule has 8 nitrogen and oxygen atoms in total. The fourth-order valence-electron chi connectivity index (χ4n) is 2.38. The third kappa shape index (κ3) is 2.92. The molecular weight excluding hydrogens is 320 g/mol. The Morgan fingerprint density at radius 3 is 3.08 bits per heavy atom. The molecule has 3 heterocycles. The fourth-order valence-corrected chi connectivity index (χ4v) is 2.38. The van der Waals surface area contributed by atoms with Crippen molar-refractivity contribution < 1.29 is 9.15 Å². The molecule has 0 radical (unpaired) electrons. The number of anilines is 1. The molecule has 0 fully saturated rings. The largest absolute Gasteiger partial charge is 0.497 e. The average Bonchev–Trinajstić information content (AvgIpc) is 3.32. The van der Waals surface area contributed by atoms with E-state index in [4.69, 9.17) is 9.15 Å². The third-order valence-corrected chi connectivity index (χ3v) is 3.59. The van der Waals surface area contributed by atoms with Crippen molar-refractivity contribution in [1.29, 1.82) is 0 Å². The van der Waals surface area contributed by atoms with Gasteiger partial charge in [0.1, 0.15) is 12.1 Å². The summed E-state index contributed by atoms with van der Waals surface area (Å²) >= 11 is 0. The number of hydrazone groups is 1. The minimum absolute atomic E-state index is 0.568. The first-order chi connectivity index (χ1) is 12.3. The molecule has 4 aromatic rings. The number of hydrogen-bond donors (Lipinski definition) is 1. The first-order valence-electron chi connectivity index (χ1n) is 7.49. The summed E-state index contributed by atoms with van der Waals surface area (Å²) < 4.78 is 12.0. The lowest BCUT2D eigenvalue weighted by molar-refractivity contribution is 0.414. The number of furan rings is 1. The highest BCUT2D eigenvalue weighted by Crippen LogP contribution is 2.23. The third-order valence-electron chi connectivity index (χ3n) is 3.59. The van der Waals surface area contributed by atoms with Gasteiger partial charge in [0.05, 0.1) is 43.1 Å². The van der Waals surface area contributed by atoms with Crippen LogP contribution in [-0.4, -0.2) is 33.1 Å². The predicted octanol–water partition coefficient (Wildman–Crippen LogP) is 2.86. The summed E-state index contributed by atoms with van der Waals surface area (Å²) in [6.45, 7) is 0. The summed E-state index contributed by atoms with van der Waals surface area (Å²) in [7, 11) is 1.63. The number of fused-ring (bicyclic) bond motifs is 1. The second kappa shape index (κ2) is 6.44. The first kappa shape index (κ1) is 14.9. The molecule has 4 rings (SSSR count). The van der Waals surface area contributed by atoms with Gasteiger partial charge in [0.2, 0.25) is 0 Å². The lowest BCUT2D eigenvalue weighted by Gasteiger charge is -2.06. The van der Waals surface area contributed by atoms with Gasteiger partial charge in [-0.15, -0.1) is 0 Å². The molecule has 0 spiro atoms. The van der Waals surface area contributed by atoms with E-state index >= 15 is 0 Å². The van der Waals surface area contributed by atoms with Crippen LogP contribution in [0, 0.1) is 0 Å².